The third kappa shape index (κ3) is 15.6. The van der Waals surface area contributed by atoms with Gasteiger partial charge < -0.3 is 9.47 Å². The van der Waals surface area contributed by atoms with Crippen LogP contribution in [0, 0.1) is 0 Å². The van der Waals surface area contributed by atoms with Crippen LogP contribution in [0.4, 0.5) is 0 Å². The number of nitrogens with zero attached hydrogens (tertiary/aromatic N) is 1. The van der Waals surface area contributed by atoms with Crippen LogP contribution in [0.2, 0.25) is 5.02 Å². The second kappa shape index (κ2) is 21.3. The smallest absolute Gasteiger partial charge is 0.240 e. The predicted octanol–water partition coefficient (Wildman–Crippen LogP) is 9.64. The fraction of sp³-hybridized carbons (Fsp3) is 0.576. The van der Waals surface area contributed by atoms with Crippen LogP contribution in [-0.4, -0.2) is 19.2 Å². The molecule has 0 aromatic heterocycles. The zero-order chi connectivity index (χ0) is 28.0. The normalized spacial score (nSPS) is 11.2. The zero-order valence-electron chi connectivity index (χ0n) is 24.2. The quantitative estimate of drug-likeness (QED) is 0.0891. The Morgan fingerprint density at radius 1 is 0.795 bits per heavy atom. The van der Waals surface area contributed by atoms with Gasteiger partial charge in [0.25, 0.3) is 0 Å². The first-order valence-electron chi connectivity index (χ1n) is 15.0. The van der Waals surface area contributed by atoms with Gasteiger partial charge in [0.05, 0.1) is 13.3 Å². The Labute approximate surface area is 241 Å². The summed E-state index contributed by atoms with van der Waals surface area (Å²) >= 11 is 5.94. The molecule has 2 aromatic rings. The van der Waals surface area contributed by atoms with Crippen LogP contribution in [-0.2, 0) is 11.4 Å². The Bertz CT molecular complexity index is 946. The molecule has 0 atom stereocenters. The summed E-state index contributed by atoms with van der Waals surface area (Å²) in [5, 5.41) is 4.80. The van der Waals surface area contributed by atoms with Gasteiger partial charge in [0, 0.05) is 11.4 Å². The molecular formula is C33H49ClN2O3. The van der Waals surface area contributed by atoms with Crippen LogP contribution in [0.1, 0.15) is 121 Å². The summed E-state index contributed by atoms with van der Waals surface area (Å²) in [4.78, 5) is 12.1. The third-order valence-corrected chi connectivity index (χ3v) is 7.16. The van der Waals surface area contributed by atoms with Crippen LogP contribution >= 0.6 is 11.6 Å². The molecule has 0 aliphatic heterocycles. The van der Waals surface area contributed by atoms with Crippen LogP contribution < -0.4 is 14.9 Å². The number of methoxy groups -OCH3 is 1. The highest BCUT2D eigenvalue weighted by molar-refractivity contribution is 6.30. The van der Waals surface area contributed by atoms with Gasteiger partial charge in [-0.15, -0.1) is 0 Å². The van der Waals surface area contributed by atoms with Crippen molar-refractivity contribution in [2.24, 2.45) is 5.10 Å². The molecule has 0 spiro atoms. The molecule has 0 aliphatic rings. The molecule has 0 fully saturated rings. The lowest BCUT2D eigenvalue weighted by Gasteiger charge is -2.11. The third-order valence-electron chi connectivity index (χ3n) is 6.91. The molecule has 39 heavy (non-hydrogen) atoms. The summed E-state index contributed by atoms with van der Waals surface area (Å²) in [7, 11) is 1.60. The number of halogens is 1. The van der Waals surface area contributed by atoms with Crippen molar-refractivity contribution < 1.29 is 14.3 Å². The van der Waals surface area contributed by atoms with Crippen molar-refractivity contribution in [1.29, 1.82) is 0 Å². The lowest BCUT2D eigenvalue weighted by molar-refractivity contribution is -0.121. The topological polar surface area (TPSA) is 59.9 Å². The molecule has 2 rings (SSSR count). The maximum absolute atomic E-state index is 12.1. The van der Waals surface area contributed by atoms with Gasteiger partial charge in [0.2, 0.25) is 5.91 Å². The van der Waals surface area contributed by atoms with E-state index in [1.165, 1.54) is 83.5 Å². The number of benzene rings is 2. The summed E-state index contributed by atoms with van der Waals surface area (Å²) in [5.41, 5.74) is 4.47. The molecule has 0 unspecified atom stereocenters. The first-order valence-corrected chi connectivity index (χ1v) is 15.4. The van der Waals surface area contributed by atoms with Crippen LogP contribution in [0.5, 0.6) is 11.5 Å². The largest absolute Gasteiger partial charge is 0.493 e. The molecule has 6 heteroatoms. The molecule has 0 saturated carbocycles. The Kier molecular flexibility index (Phi) is 17.9. The van der Waals surface area contributed by atoms with E-state index in [4.69, 9.17) is 21.1 Å². The second-order valence-electron chi connectivity index (χ2n) is 10.3. The molecule has 5 nitrogen and oxygen atoms in total. The van der Waals surface area contributed by atoms with Gasteiger partial charge in [-0.3, -0.25) is 4.79 Å². The van der Waals surface area contributed by atoms with E-state index >= 15 is 0 Å². The first kappa shape index (κ1) is 32.7. The Morgan fingerprint density at radius 3 is 1.92 bits per heavy atom. The minimum atomic E-state index is -0.0455. The molecule has 2 aromatic carbocycles. The van der Waals surface area contributed by atoms with E-state index in [1.807, 2.05) is 42.5 Å². The van der Waals surface area contributed by atoms with E-state index in [0.717, 1.165) is 24.0 Å². The molecule has 1 N–H and O–H groups in total. The number of hydrogen-bond donors (Lipinski definition) is 1. The molecule has 0 heterocycles. The van der Waals surface area contributed by atoms with Crippen molar-refractivity contribution in [2.75, 3.05) is 7.11 Å². The van der Waals surface area contributed by atoms with Gasteiger partial charge in [0.1, 0.15) is 6.61 Å². The van der Waals surface area contributed by atoms with E-state index < -0.39 is 0 Å². The molecule has 1 amide bonds. The number of amides is 1. The summed E-state index contributed by atoms with van der Waals surface area (Å²) in [6.45, 7) is 2.69. The van der Waals surface area contributed by atoms with Gasteiger partial charge in [-0.25, -0.2) is 5.43 Å². The van der Waals surface area contributed by atoms with E-state index in [0.29, 0.717) is 29.5 Å². The molecular weight excluding hydrogens is 508 g/mol. The summed E-state index contributed by atoms with van der Waals surface area (Å²) in [6, 6.07) is 13.1. The lowest BCUT2D eigenvalue weighted by atomic mass is 10.0. The van der Waals surface area contributed by atoms with Gasteiger partial charge >= 0.3 is 0 Å². The van der Waals surface area contributed by atoms with E-state index in [-0.39, 0.29) is 5.91 Å². The minimum absolute atomic E-state index is 0.0455. The SMILES string of the molecule is CCCCCCCCCCCCCCCCCC(=O)N/N=C\c1ccc(OCc2ccc(Cl)cc2)c(OC)c1. The molecule has 0 aliphatic carbocycles. The summed E-state index contributed by atoms with van der Waals surface area (Å²) in [5.74, 6) is 1.20. The number of ether oxygens (including phenoxy) is 2. The van der Waals surface area contributed by atoms with Crippen LogP contribution in [0.15, 0.2) is 47.6 Å². The number of unbranched alkanes of at least 4 members (excludes halogenated alkanes) is 14. The molecule has 0 bridgehead atoms. The number of hydrazone groups is 1. The zero-order valence-corrected chi connectivity index (χ0v) is 24.9. The maximum Gasteiger partial charge on any atom is 0.240 e. The van der Waals surface area contributed by atoms with Crippen molar-refractivity contribution >= 4 is 23.7 Å². The second-order valence-corrected chi connectivity index (χ2v) is 10.8. The highest BCUT2D eigenvalue weighted by Crippen LogP contribution is 2.28. The van der Waals surface area contributed by atoms with Crippen LogP contribution in [0.3, 0.4) is 0 Å². The standard InChI is InChI=1S/C33H49ClN2O3/c1-3-4-5-6-7-8-9-10-11-12-13-14-15-16-17-18-33(37)36-35-26-29-21-24-31(32(25-29)38-2)39-27-28-19-22-30(34)23-20-28/h19-26H,3-18,27H2,1-2H3,(H,36,37)/b35-26-. The Morgan fingerprint density at radius 2 is 1.36 bits per heavy atom. The van der Waals surface area contributed by atoms with Crippen molar-refractivity contribution in [3.63, 3.8) is 0 Å². The molecule has 0 saturated heterocycles. The van der Waals surface area contributed by atoms with E-state index in [9.17, 15) is 4.79 Å². The minimum Gasteiger partial charge on any atom is -0.493 e. The van der Waals surface area contributed by atoms with Crippen molar-refractivity contribution in [3.05, 3.63) is 58.6 Å². The summed E-state index contributed by atoms with van der Waals surface area (Å²) in [6.07, 6.45) is 21.9. The van der Waals surface area contributed by atoms with E-state index in [1.54, 1.807) is 13.3 Å². The van der Waals surface area contributed by atoms with Gasteiger partial charge in [-0.1, -0.05) is 121 Å². The summed E-state index contributed by atoms with van der Waals surface area (Å²) < 4.78 is 11.4. The predicted molar refractivity (Wildman–Crippen MR) is 164 cm³/mol. The first-order chi connectivity index (χ1) is 19.1. The van der Waals surface area contributed by atoms with Crippen LogP contribution in [0.25, 0.3) is 0 Å². The monoisotopic (exact) mass is 556 g/mol. The number of nitrogens with one attached hydrogen (secondary N) is 1. The highest BCUT2D eigenvalue weighted by atomic mass is 35.5. The van der Waals surface area contributed by atoms with Crippen molar-refractivity contribution in [2.45, 2.75) is 116 Å². The molecule has 216 valence electrons. The fourth-order valence-corrected chi connectivity index (χ4v) is 4.64. The Hall–Kier alpha value is -2.53. The number of rotatable bonds is 22. The van der Waals surface area contributed by atoms with Crippen molar-refractivity contribution in [1.82, 2.24) is 5.43 Å². The van der Waals surface area contributed by atoms with Crippen molar-refractivity contribution in [3.8, 4) is 11.5 Å². The number of carbonyl (C=O) groups excluding carboxylic acids is 1. The number of carbonyl (C=O) groups is 1. The fourth-order valence-electron chi connectivity index (χ4n) is 4.52. The van der Waals surface area contributed by atoms with E-state index in [2.05, 4.69) is 17.5 Å². The maximum atomic E-state index is 12.1. The lowest BCUT2D eigenvalue weighted by Crippen LogP contribution is -2.16. The average molecular weight is 557 g/mol. The number of hydrogen-bond acceptors (Lipinski definition) is 4. The highest BCUT2D eigenvalue weighted by Gasteiger charge is 2.06. The van der Waals surface area contributed by atoms with Gasteiger partial charge in [0.15, 0.2) is 11.5 Å². The average Bonchev–Trinajstić information content (AvgIpc) is 2.95. The van der Waals surface area contributed by atoms with Gasteiger partial charge in [-0.05, 0) is 47.9 Å². The molecule has 0 radical (unpaired) electrons. The van der Waals surface area contributed by atoms with Gasteiger partial charge in [-0.2, -0.15) is 5.10 Å². The Balaban J connectivity index is 1.51.